The molecular weight excluding hydrogens is 202 g/mol. The molecule has 4 heteroatoms. The predicted octanol–water partition coefficient (Wildman–Crippen LogP) is 2.50. The number of amides is 2. The summed E-state index contributed by atoms with van der Waals surface area (Å²) in [6.07, 6.45) is 0. The van der Waals surface area contributed by atoms with Gasteiger partial charge in [0.15, 0.2) is 0 Å². The molecule has 0 fully saturated rings. The van der Waals surface area contributed by atoms with Crippen LogP contribution in [0.25, 0.3) is 0 Å². The molecule has 0 atom stereocenters. The molecule has 0 aliphatic carbocycles. The second-order valence-electron chi connectivity index (χ2n) is 4.90. The molecule has 1 rings (SSSR count). The van der Waals surface area contributed by atoms with Crippen LogP contribution in [0, 0.1) is 6.92 Å². The molecule has 0 heterocycles. The van der Waals surface area contributed by atoms with Crippen molar-refractivity contribution in [1.29, 1.82) is 0 Å². The van der Waals surface area contributed by atoms with Crippen molar-refractivity contribution in [1.82, 2.24) is 5.32 Å². The molecule has 0 saturated heterocycles. The van der Waals surface area contributed by atoms with Crippen molar-refractivity contribution < 1.29 is 4.79 Å². The Labute approximate surface area is 96.2 Å². The molecule has 2 amide bonds. The Kier molecular flexibility index (Phi) is 3.42. The quantitative estimate of drug-likeness (QED) is 0.638. The van der Waals surface area contributed by atoms with Crippen LogP contribution in [0.2, 0.25) is 0 Å². The number of anilines is 2. The summed E-state index contributed by atoms with van der Waals surface area (Å²) in [5, 5.41) is 5.58. The fourth-order valence-corrected chi connectivity index (χ4v) is 1.26. The standard InChI is InChI=1S/C12H19N3O/c1-8-7-9(5-6-10(8)13)14-11(16)15-12(2,3)4/h5-7H,13H2,1-4H3,(H2,14,15,16). The third-order valence-corrected chi connectivity index (χ3v) is 2.02. The number of benzene rings is 1. The average Bonchev–Trinajstić information content (AvgIpc) is 2.08. The Hall–Kier alpha value is -1.71. The van der Waals surface area contributed by atoms with Gasteiger partial charge in [0.2, 0.25) is 0 Å². The van der Waals surface area contributed by atoms with Crippen molar-refractivity contribution in [2.24, 2.45) is 0 Å². The van der Waals surface area contributed by atoms with Gasteiger partial charge in [0.25, 0.3) is 0 Å². The monoisotopic (exact) mass is 221 g/mol. The van der Waals surface area contributed by atoms with E-state index in [1.807, 2.05) is 33.8 Å². The zero-order valence-corrected chi connectivity index (χ0v) is 10.2. The zero-order chi connectivity index (χ0) is 12.3. The van der Waals surface area contributed by atoms with Crippen LogP contribution in [-0.4, -0.2) is 11.6 Å². The Balaban J connectivity index is 2.67. The van der Waals surface area contributed by atoms with Crippen LogP contribution < -0.4 is 16.4 Å². The predicted molar refractivity (Wildman–Crippen MR) is 67.5 cm³/mol. The Morgan fingerprint density at radius 2 is 1.94 bits per heavy atom. The van der Waals surface area contributed by atoms with Gasteiger partial charge < -0.3 is 16.4 Å². The lowest BCUT2D eigenvalue weighted by atomic mass is 10.1. The summed E-state index contributed by atoms with van der Waals surface area (Å²) in [4.78, 5) is 11.6. The van der Waals surface area contributed by atoms with Crippen molar-refractivity contribution in [3.8, 4) is 0 Å². The van der Waals surface area contributed by atoms with Gasteiger partial charge in [-0.25, -0.2) is 4.79 Å². The van der Waals surface area contributed by atoms with E-state index in [-0.39, 0.29) is 11.6 Å². The Bertz CT molecular complexity index is 394. The molecule has 0 aliphatic rings. The zero-order valence-electron chi connectivity index (χ0n) is 10.2. The minimum absolute atomic E-state index is 0.211. The first-order chi connectivity index (χ1) is 7.28. The molecule has 1 aromatic rings. The fraction of sp³-hybridized carbons (Fsp3) is 0.417. The lowest BCUT2D eigenvalue weighted by Gasteiger charge is -2.20. The molecule has 0 aliphatic heterocycles. The maximum Gasteiger partial charge on any atom is 0.319 e. The number of hydrogen-bond acceptors (Lipinski definition) is 2. The molecule has 0 spiro atoms. The van der Waals surface area contributed by atoms with Gasteiger partial charge in [-0.05, 0) is 51.5 Å². The number of hydrogen-bond donors (Lipinski definition) is 3. The number of carbonyl (C=O) groups is 1. The second-order valence-corrected chi connectivity index (χ2v) is 4.90. The highest BCUT2D eigenvalue weighted by Crippen LogP contribution is 2.16. The third kappa shape index (κ3) is 3.81. The number of rotatable bonds is 1. The van der Waals surface area contributed by atoms with E-state index in [0.29, 0.717) is 0 Å². The summed E-state index contributed by atoms with van der Waals surface area (Å²) in [6, 6.07) is 5.20. The molecule has 4 N–H and O–H groups in total. The second kappa shape index (κ2) is 4.43. The molecule has 0 unspecified atom stereocenters. The molecule has 0 radical (unpaired) electrons. The first-order valence-corrected chi connectivity index (χ1v) is 5.23. The van der Waals surface area contributed by atoms with Gasteiger partial charge in [0, 0.05) is 16.9 Å². The van der Waals surface area contributed by atoms with Crippen LogP contribution in [0.4, 0.5) is 16.2 Å². The summed E-state index contributed by atoms with van der Waals surface area (Å²) in [7, 11) is 0. The number of carbonyl (C=O) groups excluding carboxylic acids is 1. The topological polar surface area (TPSA) is 67.2 Å². The highest BCUT2D eigenvalue weighted by Gasteiger charge is 2.13. The normalized spacial score (nSPS) is 11.0. The Morgan fingerprint density at radius 3 is 2.44 bits per heavy atom. The van der Waals surface area contributed by atoms with Gasteiger partial charge in [-0.2, -0.15) is 0 Å². The first-order valence-electron chi connectivity index (χ1n) is 5.23. The van der Waals surface area contributed by atoms with Crippen molar-refractivity contribution in [3.63, 3.8) is 0 Å². The van der Waals surface area contributed by atoms with E-state index in [1.165, 1.54) is 0 Å². The highest BCUT2D eigenvalue weighted by atomic mass is 16.2. The van der Waals surface area contributed by atoms with Crippen LogP contribution >= 0.6 is 0 Å². The van der Waals surface area contributed by atoms with E-state index < -0.39 is 0 Å². The van der Waals surface area contributed by atoms with Gasteiger partial charge >= 0.3 is 6.03 Å². The van der Waals surface area contributed by atoms with E-state index in [0.717, 1.165) is 16.9 Å². The SMILES string of the molecule is Cc1cc(NC(=O)NC(C)(C)C)ccc1N. The van der Waals surface area contributed by atoms with E-state index in [4.69, 9.17) is 5.73 Å². The average molecular weight is 221 g/mol. The maximum atomic E-state index is 11.6. The Morgan fingerprint density at radius 1 is 1.31 bits per heavy atom. The fourth-order valence-electron chi connectivity index (χ4n) is 1.26. The first kappa shape index (κ1) is 12.4. The van der Waals surface area contributed by atoms with Crippen LogP contribution in [-0.2, 0) is 0 Å². The summed E-state index contributed by atoms with van der Waals surface area (Å²) in [5.41, 5.74) is 7.87. The van der Waals surface area contributed by atoms with Crippen LogP contribution in [0.3, 0.4) is 0 Å². The molecular formula is C12H19N3O. The van der Waals surface area contributed by atoms with Crippen molar-refractivity contribution >= 4 is 17.4 Å². The molecule has 88 valence electrons. The lowest BCUT2D eigenvalue weighted by Crippen LogP contribution is -2.43. The van der Waals surface area contributed by atoms with E-state index >= 15 is 0 Å². The van der Waals surface area contributed by atoms with E-state index in [2.05, 4.69) is 10.6 Å². The largest absolute Gasteiger partial charge is 0.399 e. The molecule has 1 aromatic carbocycles. The van der Waals surface area contributed by atoms with Crippen LogP contribution in [0.5, 0.6) is 0 Å². The minimum Gasteiger partial charge on any atom is -0.399 e. The van der Waals surface area contributed by atoms with Gasteiger partial charge in [0.05, 0.1) is 0 Å². The number of nitrogen functional groups attached to an aromatic ring is 1. The number of urea groups is 1. The molecule has 0 aromatic heterocycles. The van der Waals surface area contributed by atoms with Gasteiger partial charge in [-0.3, -0.25) is 0 Å². The summed E-state index contributed by atoms with van der Waals surface area (Å²) < 4.78 is 0. The van der Waals surface area contributed by atoms with Gasteiger partial charge in [-0.1, -0.05) is 0 Å². The molecule has 16 heavy (non-hydrogen) atoms. The lowest BCUT2D eigenvalue weighted by molar-refractivity contribution is 0.244. The van der Waals surface area contributed by atoms with E-state index in [9.17, 15) is 4.79 Å². The smallest absolute Gasteiger partial charge is 0.319 e. The third-order valence-electron chi connectivity index (χ3n) is 2.02. The minimum atomic E-state index is -0.243. The molecule has 0 bridgehead atoms. The highest BCUT2D eigenvalue weighted by molar-refractivity contribution is 5.90. The summed E-state index contributed by atoms with van der Waals surface area (Å²) >= 11 is 0. The van der Waals surface area contributed by atoms with Crippen molar-refractivity contribution in [3.05, 3.63) is 23.8 Å². The van der Waals surface area contributed by atoms with Crippen LogP contribution in [0.15, 0.2) is 18.2 Å². The molecule has 0 saturated carbocycles. The number of nitrogens with one attached hydrogen (secondary N) is 2. The number of nitrogens with two attached hydrogens (primary N) is 1. The maximum absolute atomic E-state index is 11.6. The van der Waals surface area contributed by atoms with Crippen molar-refractivity contribution in [2.75, 3.05) is 11.1 Å². The van der Waals surface area contributed by atoms with Crippen molar-refractivity contribution in [2.45, 2.75) is 33.2 Å². The summed E-state index contributed by atoms with van der Waals surface area (Å²) in [5.74, 6) is 0. The van der Waals surface area contributed by atoms with Gasteiger partial charge in [-0.15, -0.1) is 0 Å². The molecule has 4 nitrogen and oxygen atoms in total. The number of aryl methyl sites for hydroxylation is 1. The van der Waals surface area contributed by atoms with E-state index in [1.54, 1.807) is 12.1 Å². The summed E-state index contributed by atoms with van der Waals surface area (Å²) in [6.45, 7) is 7.70. The van der Waals surface area contributed by atoms with Gasteiger partial charge in [0.1, 0.15) is 0 Å². The van der Waals surface area contributed by atoms with Crippen LogP contribution in [0.1, 0.15) is 26.3 Å².